The Morgan fingerprint density at radius 3 is 2.31 bits per heavy atom. The zero-order chi connectivity index (χ0) is 26.1. The molecule has 0 fully saturated rings. The van der Waals surface area contributed by atoms with E-state index in [4.69, 9.17) is 0 Å². The van der Waals surface area contributed by atoms with Gasteiger partial charge in [-0.15, -0.1) is 0 Å². The van der Waals surface area contributed by atoms with Crippen molar-refractivity contribution in [2.45, 2.75) is 18.9 Å². The van der Waals surface area contributed by atoms with Gasteiger partial charge in [-0.1, -0.05) is 12.1 Å². The minimum absolute atomic E-state index is 0.121. The molecule has 2 heterocycles. The van der Waals surface area contributed by atoms with E-state index in [-0.39, 0.29) is 18.1 Å². The lowest BCUT2D eigenvalue weighted by Gasteiger charge is -2.30. The highest BCUT2D eigenvalue weighted by Crippen LogP contribution is 2.33. The van der Waals surface area contributed by atoms with Gasteiger partial charge in [0.2, 0.25) is 0 Å². The topological polar surface area (TPSA) is 86.4 Å². The summed E-state index contributed by atoms with van der Waals surface area (Å²) < 4.78 is 78.0. The number of fused-ring (bicyclic) bond motifs is 1. The van der Waals surface area contributed by atoms with Crippen LogP contribution in [0.2, 0.25) is 0 Å². The largest absolute Gasteiger partial charge is 0.417 e. The van der Waals surface area contributed by atoms with Crippen LogP contribution in [0.4, 0.5) is 54.0 Å². The molecule has 2 aromatic carbocycles. The zero-order valence-electron chi connectivity index (χ0n) is 18.2. The summed E-state index contributed by atoms with van der Waals surface area (Å²) in [6.45, 7) is -1.76. The molecule has 0 saturated heterocycles. The summed E-state index contributed by atoms with van der Waals surface area (Å²) in [6, 6.07) is 10.9. The quantitative estimate of drug-likeness (QED) is 0.368. The number of nitrogens with zero attached hydrogens (tertiary/aromatic N) is 2. The van der Waals surface area contributed by atoms with Crippen LogP contribution in [0.15, 0.2) is 60.8 Å². The summed E-state index contributed by atoms with van der Waals surface area (Å²) in [4.78, 5) is 29.0. The number of amides is 3. The lowest BCUT2D eigenvalue weighted by Crippen LogP contribution is -2.44. The molecule has 0 spiro atoms. The first-order chi connectivity index (χ1) is 16.9. The van der Waals surface area contributed by atoms with Crippen LogP contribution in [0.1, 0.15) is 21.5 Å². The number of urea groups is 1. The Balaban J connectivity index is 1.49. The molecule has 0 radical (unpaired) electrons. The standard InChI is InChI=1S/C23H17F6N5O2/c24-22(25,26)12-34-11-16-18(9-10-30-19(16)33-21(34)36)31-13-5-7-14(8-6-13)32-20(35)15-3-1-2-4-17(15)23(27,28)29/h1-10H,11-12H2,(H,32,35)(H2,30,31,33,36). The first-order valence-electron chi connectivity index (χ1n) is 10.4. The molecule has 4 rings (SSSR count). The van der Waals surface area contributed by atoms with Gasteiger partial charge in [-0.05, 0) is 42.5 Å². The fraction of sp³-hybridized carbons (Fsp3) is 0.174. The van der Waals surface area contributed by atoms with Crippen molar-refractivity contribution in [3.05, 3.63) is 77.5 Å². The molecule has 1 aromatic heterocycles. The number of pyridine rings is 1. The molecule has 188 valence electrons. The minimum atomic E-state index is -4.69. The van der Waals surface area contributed by atoms with Crippen molar-refractivity contribution in [3.8, 4) is 0 Å². The second kappa shape index (κ2) is 9.40. The Morgan fingerprint density at radius 1 is 0.972 bits per heavy atom. The lowest BCUT2D eigenvalue weighted by atomic mass is 10.1. The van der Waals surface area contributed by atoms with Gasteiger partial charge < -0.3 is 15.5 Å². The average molecular weight is 509 g/mol. The highest BCUT2D eigenvalue weighted by atomic mass is 19.4. The van der Waals surface area contributed by atoms with Gasteiger partial charge in [-0.2, -0.15) is 26.3 Å². The molecular formula is C23H17F6N5O2. The summed E-state index contributed by atoms with van der Waals surface area (Å²) in [5, 5.41) is 7.75. The Labute approximate surface area is 200 Å². The smallest absolute Gasteiger partial charge is 0.355 e. The summed E-state index contributed by atoms with van der Waals surface area (Å²) in [6.07, 6.45) is -7.90. The zero-order valence-corrected chi connectivity index (χ0v) is 18.2. The molecule has 1 aliphatic heterocycles. The molecule has 3 aromatic rings. The minimum Gasteiger partial charge on any atom is -0.355 e. The van der Waals surface area contributed by atoms with Gasteiger partial charge in [0.1, 0.15) is 12.4 Å². The average Bonchev–Trinajstić information content (AvgIpc) is 2.80. The number of carbonyl (C=O) groups excluding carboxylic acids is 2. The Hall–Kier alpha value is -4.29. The Kier molecular flexibility index (Phi) is 6.48. The summed E-state index contributed by atoms with van der Waals surface area (Å²) in [7, 11) is 0. The fourth-order valence-electron chi connectivity index (χ4n) is 3.58. The number of hydrogen-bond acceptors (Lipinski definition) is 4. The number of nitrogens with one attached hydrogen (secondary N) is 3. The molecule has 36 heavy (non-hydrogen) atoms. The number of anilines is 4. The van der Waals surface area contributed by atoms with E-state index in [1.807, 2.05) is 0 Å². The van der Waals surface area contributed by atoms with Crippen LogP contribution in [0.5, 0.6) is 0 Å². The van der Waals surface area contributed by atoms with E-state index in [0.717, 1.165) is 12.1 Å². The molecule has 3 amide bonds. The molecule has 0 atom stereocenters. The molecule has 7 nitrogen and oxygen atoms in total. The van der Waals surface area contributed by atoms with Crippen molar-refractivity contribution in [2.24, 2.45) is 0 Å². The van der Waals surface area contributed by atoms with Gasteiger partial charge in [0.05, 0.1) is 17.7 Å². The van der Waals surface area contributed by atoms with Crippen LogP contribution in [-0.4, -0.2) is 34.5 Å². The predicted molar refractivity (Wildman–Crippen MR) is 119 cm³/mol. The number of rotatable bonds is 5. The SMILES string of the molecule is O=C(Nc1ccc(Nc2ccnc3c2CN(CC(F)(F)F)C(=O)N3)cc1)c1ccccc1C(F)(F)F. The monoisotopic (exact) mass is 509 g/mol. The molecular weight excluding hydrogens is 492 g/mol. The third-order valence-corrected chi connectivity index (χ3v) is 5.19. The van der Waals surface area contributed by atoms with E-state index in [9.17, 15) is 35.9 Å². The van der Waals surface area contributed by atoms with Crippen LogP contribution in [-0.2, 0) is 12.7 Å². The first-order valence-corrected chi connectivity index (χ1v) is 10.4. The normalized spacial score (nSPS) is 13.6. The van der Waals surface area contributed by atoms with Gasteiger partial charge in [-0.25, -0.2) is 9.78 Å². The van der Waals surface area contributed by atoms with Crippen molar-refractivity contribution in [3.63, 3.8) is 0 Å². The molecule has 0 aliphatic carbocycles. The van der Waals surface area contributed by atoms with E-state index in [1.165, 1.54) is 48.7 Å². The van der Waals surface area contributed by atoms with Gasteiger partial charge in [0.15, 0.2) is 0 Å². The van der Waals surface area contributed by atoms with E-state index in [1.54, 1.807) is 0 Å². The van der Waals surface area contributed by atoms with Crippen molar-refractivity contribution >= 4 is 34.8 Å². The molecule has 0 unspecified atom stereocenters. The highest BCUT2D eigenvalue weighted by molar-refractivity contribution is 6.05. The molecule has 3 N–H and O–H groups in total. The number of aromatic nitrogens is 1. The van der Waals surface area contributed by atoms with Crippen LogP contribution in [0.3, 0.4) is 0 Å². The van der Waals surface area contributed by atoms with Crippen LogP contribution in [0, 0.1) is 0 Å². The maximum absolute atomic E-state index is 13.2. The third-order valence-electron chi connectivity index (χ3n) is 5.19. The van der Waals surface area contributed by atoms with Crippen molar-refractivity contribution < 1.29 is 35.9 Å². The summed E-state index contributed by atoms with van der Waals surface area (Å²) in [5.41, 5.74) is -0.166. The van der Waals surface area contributed by atoms with Gasteiger partial charge in [0.25, 0.3) is 5.91 Å². The van der Waals surface area contributed by atoms with Crippen LogP contribution in [0.25, 0.3) is 0 Å². The van der Waals surface area contributed by atoms with E-state index in [2.05, 4.69) is 20.9 Å². The summed E-state index contributed by atoms with van der Waals surface area (Å²) >= 11 is 0. The van der Waals surface area contributed by atoms with E-state index < -0.39 is 42.0 Å². The number of hydrogen-bond donors (Lipinski definition) is 3. The number of alkyl halides is 6. The van der Waals surface area contributed by atoms with Crippen LogP contribution >= 0.6 is 0 Å². The number of carbonyl (C=O) groups is 2. The maximum atomic E-state index is 13.2. The Bertz CT molecular complexity index is 1290. The first kappa shape index (κ1) is 24.8. The lowest BCUT2D eigenvalue weighted by molar-refractivity contribution is -0.140. The molecule has 13 heteroatoms. The Morgan fingerprint density at radius 2 is 1.64 bits per heavy atom. The molecule has 1 aliphatic rings. The number of halogens is 6. The van der Waals surface area contributed by atoms with E-state index in [0.29, 0.717) is 21.8 Å². The van der Waals surface area contributed by atoms with Gasteiger partial charge in [-0.3, -0.25) is 10.1 Å². The maximum Gasteiger partial charge on any atom is 0.417 e. The predicted octanol–water partition coefficient (Wildman–Crippen LogP) is 6.01. The molecule has 0 bridgehead atoms. The van der Waals surface area contributed by atoms with Crippen molar-refractivity contribution in [1.82, 2.24) is 9.88 Å². The van der Waals surface area contributed by atoms with Gasteiger partial charge >= 0.3 is 18.4 Å². The van der Waals surface area contributed by atoms with Gasteiger partial charge in [0, 0.05) is 28.8 Å². The van der Waals surface area contributed by atoms with E-state index >= 15 is 0 Å². The van der Waals surface area contributed by atoms with Crippen molar-refractivity contribution in [1.29, 1.82) is 0 Å². The third kappa shape index (κ3) is 5.67. The van der Waals surface area contributed by atoms with Crippen molar-refractivity contribution in [2.75, 3.05) is 22.5 Å². The second-order valence-electron chi connectivity index (χ2n) is 7.79. The second-order valence-corrected chi connectivity index (χ2v) is 7.79. The van der Waals surface area contributed by atoms with Crippen LogP contribution < -0.4 is 16.0 Å². The molecule has 0 saturated carbocycles. The number of benzene rings is 2. The fourth-order valence-corrected chi connectivity index (χ4v) is 3.58. The highest BCUT2D eigenvalue weighted by Gasteiger charge is 2.36. The summed E-state index contributed by atoms with van der Waals surface area (Å²) in [5.74, 6) is -0.817.